The third-order valence-electron chi connectivity index (χ3n) is 2.64. The first kappa shape index (κ1) is 7.77. The van der Waals surface area contributed by atoms with Crippen LogP contribution >= 0.6 is 0 Å². The fourth-order valence-corrected chi connectivity index (χ4v) is 1.62. The van der Waals surface area contributed by atoms with Crippen LogP contribution in [0.2, 0.25) is 0 Å². The summed E-state index contributed by atoms with van der Waals surface area (Å²) in [5, 5.41) is 6.98. The summed E-state index contributed by atoms with van der Waals surface area (Å²) in [6.07, 6.45) is 6.59. The summed E-state index contributed by atoms with van der Waals surface area (Å²) in [7, 11) is 0. The van der Waals surface area contributed by atoms with Gasteiger partial charge in [-0.2, -0.15) is 5.10 Å². The minimum atomic E-state index is 0.929. The molecule has 1 aliphatic carbocycles. The van der Waals surface area contributed by atoms with Gasteiger partial charge in [0.15, 0.2) is 5.82 Å². The monoisotopic (exact) mass is 165 g/mol. The van der Waals surface area contributed by atoms with Crippen molar-refractivity contribution < 1.29 is 0 Å². The average molecular weight is 165 g/mol. The van der Waals surface area contributed by atoms with Crippen molar-refractivity contribution in [3.8, 4) is 0 Å². The number of aromatic amines is 1. The first-order valence-electron chi connectivity index (χ1n) is 4.72. The number of hydrogen-bond acceptors (Lipinski definition) is 2. The highest BCUT2D eigenvalue weighted by Crippen LogP contribution is 2.29. The molecule has 1 fully saturated rings. The molecule has 1 heterocycles. The Morgan fingerprint density at radius 1 is 1.50 bits per heavy atom. The molecule has 0 radical (unpaired) electrons. The van der Waals surface area contributed by atoms with Gasteiger partial charge in [-0.1, -0.05) is 19.3 Å². The summed E-state index contributed by atoms with van der Waals surface area (Å²) in [6.45, 7) is 1.94. The van der Waals surface area contributed by atoms with Gasteiger partial charge in [-0.3, -0.25) is 5.10 Å². The SMILES string of the molecule is Cc1nc(CCC2CCC2)n[nH]1. The van der Waals surface area contributed by atoms with Crippen LogP contribution in [0, 0.1) is 12.8 Å². The van der Waals surface area contributed by atoms with Crippen molar-refractivity contribution in [1.82, 2.24) is 15.2 Å². The minimum absolute atomic E-state index is 0.929. The predicted molar refractivity (Wildman–Crippen MR) is 46.8 cm³/mol. The Balaban J connectivity index is 1.79. The fraction of sp³-hybridized carbons (Fsp3) is 0.778. The van der Waals surface area contributed by atoms with Gasteiger partial charge in [0.1, 0.15) is 5.82 Å². The quantitative estimate of drug-likeness (QED) is 0.742. The maximum Gasteiger partial charge on any atom is 0.150 e. The molecular weight excluding hydrogens is 150 g/mol. The van der Waals surface area contributed by atoms with Crippen LogP contribution in [0.15, 0.2) is 0 Å². The van der Waals surface area contributed by atoms with Gasteiger partial charge in [-0.25, -0.2) is 4.98 Å². The van der Waals surface area contributed by atoms with Crippen LogP contribution in [-0.4, -0.2) is 15.2 Å². The first-order valence-corrected chi connectivity index (χ1v) is 4.72. The smallest absolute Gasteiger partial charge is 0.150 e. The highest BCUT2D eigenvalue weighted by molar-refractivity contribution is 4.88. The lowest BCUT2D eigenvalue weighted by atomic mass is 9.82. The third kappa shape index (κ3) is 1.65. The van der Waals surface area contributed by atoms with E-state index in [-0.39, 0.29) is 0 Å². The number of aromatic nitrogens is 3. The highest BCUT2D eigenvalue weighted by Gasteiger charge is 2.17. The molecule has 1 N–H and O–H groups in total. The molecule has 1 aliphatic rings. The van der Waals surface area contributed by atoms with Crippen LogP contribution in [0.25, 0.3) is 0 Å². The Hall–Kier alpha value is -0.860. The van der Waals surface area contributed by atoms with E-state index in [2.05, 4.69) is 15.2 Å². The second-order valence-corrected chi connectivity index (χ2v) is 3.67. The molecule has 2 rings (SSSR count). The molecule has 0 saturated heterocycles. The molecule has 0 aliphatic heterocycles. The average Bonchev–Trinajstić information content (AvgIpc) is 2.32. The zero-order valence-electron chi connectivity index (χ0n) is 7.51. The molecule has 0 aromatic carbocycles. The summed E-state index contributed by atoms with van der Waals surface area (Å²) in [5.74, 6) is 2.88. The van der Waals surface area contributed by atoms with Gasteiger partial charge in [-0.05, 0) is 19.3 Å². The van der Waals surface area contributed by atoms with Gasteiger partial charge in [0, 0.05) is 6.42 Å². The zero-order valence-corrected chi connectivity index (χ0v) is 7.51. The van der Waals surface area contributed by atoms with Gasteiger partial charge < -0.3 is 0 Å². The van der Waals surface area contributed by atoms with E-state index in [1.54, 1.807) is 0 Å². The van der Waals surface area contributed by atoms with Crippen molar-refractivity contribution >= 4 is 0 Å². The maximum absolute atomic E-state index is 4.27. The number of nitrogens with zero attached hydrogens (tertiary/aromatic N) is 2. The van der Waals surface area contributed by atoms with E-state index in [4.69, 9.17) is 0 Å². The van der Waals surface area contributed by atoms with Crippen LogP contribution in [0.5, 0.6) is 0 Å². The highest BCUT2D eigenvalue weighted by atomic mass is 15.2. The van der Waals surface area contributed by atoms with Crippen LogP contribution in [-0.2, 0) is 6.42 Å². The Morgan fingerprint density at radius 2 is 2.33 bits per heavy atom. The van der Waals surface area contributed by atoms with Gasteiger partial charge in [0.25, 0.3) is 0 Å². The second-order valence-electron chi connectivity index (χ2n) is 3.67. The lowest BCUT2D eigenvalue weighted by Gasteiger charge is -2.24. The molecule has 0 atom stereocenters. The molecule has 3 nitrogen and oxygen atoms in total. The number of nitrogens with one attached hydrogen (secondary N) is 1. The standard InChI is InChI=1S/C9H15N3/c1-7-10-9(12-11-7)6-5-8-3-2-4-8/h8H,2-6H2,1H3,(H,10,11,12). The summed E-state index contributed by atoms with van der Waals surface area (Å²) < 4.78 is 0. The van der Waals surface area contributed by atoms with Gasteiger partial charge in [0.2, 0.25) is 0 Å². The van der Waals surface area contributed by atoms with Gasteiger partial charge >= 0.3 is 0 Å². The minimum Gasteiger partial charge on any atom is -0.263 e. The Kier molecular flexibility index (Phi) is 2.11. The summed E-state index contributed by atoms with van der Waals surface area (Å²) in [6, 6.07) is 0. The number of H-pyrrole nitrogens is 1. The second kappa shape index (κ2) is 3.25. The summed E-state index contributed by atoms with van der Waals surface area (Å²) in [5.41, 5.74) is 0. The molecule has 0 unspecified atom stereocenters. The number of hydrogen-bond donors (Lipinski definition) is 1. The van der Waals surface area contributed by atoms with Gasteiger partial charge in [-0.15, -0.1) is 0 Å². The summed E-state index contributed by atoms with van der Waals surface area (Å²) >= 11 is 0. The molecule has 66 valence electrons. The van der Waals surface area contributed by atoms with E-state index in [0.717, 1.165) is 24.0 Å². The van der Waals surface area contributed by atoms with Crippen molar-refractivity contribution in [2.24, 2.45) is 5.92 Å². The van der Waals surface area contributed by atoms with Crippen molar-refractivity contribution in [3.63, 3.8) is 0 Å². The van der Waals surface area contributed by atoms with E-state index in [0.29, 0.717) is 0 Å². The molecule has 1 saturated carbocycles. The van der Waals surface area contributed by atoms with E-state index >= 15 is 0 Å². The van der Waals surface area contributed by atoms with Crippen LogP contribution in [0.1, 0.15) is 37.3 Å². The molecule has 3 heteroatoms. The predicted octanol–water partition coefficient (Wildman–Crippen LogP) is 1.85. The topological polar surface area (TPSA) is 41.6 Å². The van der Waals surface area contributed by atoms with Gasteiger partial charge in [0.05, 0.1) is 0 Å². The lowest BCUT2D eigenvalue weighted by Crippen LogP contribution is -2.11. The largest absolute Gasteiger partial charge is 0.263 e. The number of aryl methyl sites for hydroxylation is 2. The van der Waals surface area contributed by atoms with E-state index in [9.17, 15) is 0 Å². The van der Waals surface area contributed by atoms with Crippen LogP contribution < -0.4 is 0 Å². The Labute approximate surface area is 72.6 Å². The Bertz CT molecular complexity index is 250. The van der Waals surface area contributed by atoms with Crippen molar-refractivity contribution in [3.05, 3.63) is 11.6 Å². The molecular formula is C9H15N3. The Morgan fingerprint density at radius 3 is 2.83 bits per heavy atom. The number of rotatable bonds is 3. The fourth-order valence-electron chi connectivity index (χ4n) is 1.62. The van der Waals surface area contributed by atoms with Crippen molar-refractivity contribution in [1.29, 1.82) is 0 Å². The van der Waals surface area contributed by atoms with Crippen LogP contribution in [0.4, 0.5) is 0 Å². The van der Waals surface area contributed by atoms with Crippen molar-refractivity contribution in [2.75, 3.05) is 0 Å². The maximum atomic E-state index is 4.27. The molecule has 0 amide bonds. The normalized spacial score (nSPS) is 17.8. The van der Waals surface area contributed by atoms with E-state index < -0.39 is 0 Å². The molecule has 1 aromatic rings. The first-order chi connectivity index (χ1) is 5.84. The van der Waals surface area contributed by atoms with E-state index in [1.807, 2.05) is 6.92 Å². The molecule has 12 heavy (non-hydrogen) atoms. The molecule has 0 spiro atoms. The molecule has 0 bridgehead atoms. The zero-order chi connectivity index (χ0) is 8.39. The third-order valence-corrected chi connectivity index (χ3v) is 2.64. The summed E-state index contributed by atoms with van der Waals surface area (Å²) in [4.78, 5) is 4.27. The molecule has 1 aromatic heterocycles. The van der Waals surface area contributed by atoms with E-state index in [1.165, 1.54) is 25.7 Å². The van der Waals surface area contributed by atoms with Crippen molar-refractivity contribution in [2.45, 2.75) is 39.0 Å². The van der Waals surface area contributed by atoms with Crippen LogP contribution in [0.3, 0.4) is 0 Å². The lowest BCUT2D eigenvalue weighted by molar-refractivity contribution is 0.295.